The van der Waals surface area contributed by atoms with Gasteiger partial charge in [-0.3, -0.25) is 0 Å². The molecule has 0 saturated heterocycles. The average molecular weight is 191 g/mol. The molecule has 2 nitrogen and oxygen atoms in total. The second kappa shape index (κ2) is 3.52. The topological polar surface area (TPSA) is 23.5 Å². The summed E-state index contributed by atoms with van der Waals surface area (Å²) in [6.07, 6.45) is 2.36. The molecule has 0 aliphatic carbocycles. The van der Waals surface area contributed by atoms with Gasteiger partial charge in [0.05, 0.1) is 0 Å². The number of phenols is 1. The van der Waals surface area contributed by atoms with Gasteiger partial charge in [0, 0.05) is 24.3 Å². The largest absolute Gasteiger partial charge is 0.508 e. The van der Waals surface area contributed by atoms with Crippen LogP contribution in [0.2, 0.25) is 0 Å². The molecule has 0 radical (unpaired) electrons. The maximum atomic E-state index is 9.46. The maximum absolute atomic E-state index is 9.46. The first-order valence-corrected chi connectivity index (χ1v) is 5.27. The van der Waals surface area contributed by atoms with E-state index < -0.39 is 0 Å². The zero-order valence-electron chi connectivity index (χ0n) is 8.83. The Labute approximate surface area is 85.2 Å². The van der Waals surface area contributed by atoms with Gasteiger partial charge < -0.3 is 10.0 Å². The molecule has 1 aromatic rings. The summed E-state index contributed by atoms with van der Waals surface area (Å²) < 4.78 is 0. The number of anilines is 1. The minimum absolute atomic E-state index is 0.372. The Morgan fingerprint density at radius 2 is 2.14 bits per heavy atom. The van der Waals surface area contributed by atoms with Gasteiger partial charge in [-0.25, -0.2) is 0 Å². The van der Waals surface area contributed by atoms with E-state index in [4.69, 9.17) is 0 Å². The van der Waals surface area contributed by atoms with Crippen LogP contribution < -0.4 is 4.90 Å². The molecule has 2 rings (SSSR count). The highest BCUT2D eigenvalue weighted by Crippen LogP contribution is 2.31. The van der Waals surface area contributed by atoms with Crippen LogP contribution in [0, 0.1) is 0 Å². The number of rotatable bonds is 1. The number of hydrogen-bond donors (Lipinski definition) is 1. The van der Waals surface area contributed by atoms with Crippen molar-refractivity contribution in [2.45, 2.75) is 32.7 Å². The predicted molar refractivity (Wildman–Crippen MR) is 58.9 cm³/mol. The highest BCUT2D eigenvalue weighted by molar-refractivity contribution is 5.59. The highest BCUT2D eigenvalue weighted by atomic mass is 16.3. The average Bonchev–Trinajstić information content (AvgIpc) is 2.16. The number of hydrogen-bond acceptors (Lipinski definition) is 2. The molecular formula is C12H17NO. The van der Waals surface area contributed by atoms with Crippen molar-refractivity contribution < 1.29 is 5.11 Å². The zero-order valence-corrected chi connectivity index (χ0v) is 8.83. The van der Waals surface area contributed by atoms with E-state index in [1.54, 1.807) is 6.07 Å². The van der Waals surface area contributed by atoms with Crippen LogP contribution in [0.15, 0.2) is 18.2 Å². The first kappa shape index (κ1) is 9.38. The number of aromatic hydroxyl groups is 1. The summed E-state index contributed by atoms with van der Waals surface area (Å²) in [6, 6.07) is 6.21. The molecule has 1 aliphatic rings. The quantitative estimate of drug-likeness (QED) is 0.737. The van der Waals surface area contributed by atoms with Crippen LogP contribution in [0.3, 0.4) is 0 Å². The first-order valence-electron chi connectivity index (χ1n) is 5.27. The molecule has 1 N–H and O–H groups in total. The lowest BCUT2D eigenvalue weighted by Gasteiger charge is -2.34. The minimum atomic E-state index is 0.372. The molecule has 1 aliphatic heterocycles. The van der Waals surface area contributed by atoms with E-state index >= 15 is 0 Å². The van der Waals surface area contributed by atoms with Gasteiger partial charge in [0.2, 0.25) is 0 Å². The van der Waals surface area contributed by atoms with Crippen LogP contribution >= 0.6 is 0 Å². The molecule has 0 unspecified atom stereocenters. The van der Waals surface area contributed by atoms with Gasteiger partial charge in [0.1, 0.15) is 5.75 Å². The van der Waals surface area contributed by atoms with Gasteiger partial charge in [-0.15, -0.1) is 0 Å². The fraction of sp³-hybridized carbons (Fsp3) is 0.500. The predicted octanol–water partition coefficient (Wildman–Crippen LogP) is 2.55. The second-order valence-electron chi connectivity index (χ2n) is 4.20. The highest BCUT2D eigenvalue weighted by Gasteiger charge is 2.18. The van der Waals surface area contributed by atoms with E-state index in [0.29, 0.717) is 11.8 Å². The fourth-order valence-corrected chi connectivity index (χ4v) is 2.13. The third-order valence-corrected chi connectivity index (χ3v) is 2.85. The summed E-state index contributed by atoms with van der Waals surface area (Å²) >= 11 is 0. The van der Waals surface area contributed by atoms with Crippen molar-refractivity contribution in [3.63, 3.8) is 0 Å². The molecule has 2 heteroatoms. The molecule has 1 heterocycles. The summed E-state index contributed by atoms with van der Waals surface area (Å²) in [5, 5.41) is 9.46. The number of aryl methyl sites for hydroxylation is 1. The van der Waals surface area contributed by atoms with Gasteiger partial charge in [0.25, 0.3) is 0 Å². The molecule has 0 fully saturated rings. The Hall–Kier alpha value is -1.18. The molecule has 76 valence electrons. The van der Waals surface area contributed by atoms with E-state index in [1.165, 1.54) is 17.7 Å². The zero-order chi connectivity index (χ0) is 10.1. The monoisotopic (exact) mass is 191 g/mol. The van der Waals surface area contributed by atoms with E-state index in [-0.39, 0.29) is 0 Å². The third-order valence-electron chi connectivity index (χ3n) is 2.85. The molecule has 0 amide bonds. The third kappa shape index (κ3) is 1.57. The van der Waals surface area contributed by atoms with Crippen molar-refractivity contribution in [2.24, 2.45) is 0 Å². The maximum Gasteiger partial charge on any atom is 0.117 e. The number of nitrogens with zero attached hydrogens (tertiary/aromatic N) is 1. The SMILES string of the molecule is CC(C)N1CCCc2ccc(O)cc21. The summed E-state index contributed by atoms with van der Waals surface area (Å²) in [5.41, 5.74) is 2.58. The van der Waals surface area contributed by atoms with Crippen LogP contribution in [0.5, 0.6) is 5.75 Å². The van der Waals surface area contributed by atoms with E-state index in [1.807, 2.05) is 12.1 Å². The van der Waals surface area contributed by atoms with Crippen molar-refractivity contribution in [1.29, 1.82) is 0 Å². The molecule has 0 bridgehead atoms. The van der Waals surface area contributed by atoms with Crippen molar-refractivity contribution >= 4 is 5.69 Å². The Kier molecular flexibility index (Phi) is 2.36. The summed E-state index contributed by atoms with van der Waals surface area (Å²) in [7, 11) is 0. The molecular weight excluding hydrogens is 174 g/mol. The molecule has 1 aromatic carbocycles. The lowest BCUT2D eigenvalue weighted by Crippen LogP contribution is -2.35. The van der Waals surface area contributed by atoms with E-state index in [2.05, 4.69) is 18.7 Å². The smallest absolute Gasteiger partial charge is 0.117 e. The van der Waals surface area contributed by atoms with Crippen molar-refractivity contribution in [3.8, 4) is 5.75 Å². The Balaban J connectivity index is 2.41. The normalized spacial score (nSPS) is 15.8. The lowest BCUT2D eigenvalue weighted by atomic mass is 10.0. The summed E-state index contributed by atoms with van der Waals surface area (Å²) in [5.74, 6) is 0.372. The van der Waals surface area contributed by atoms with Crippen LogP contribution in [0.1, 0.15) is 25.8 Å². The lowest BCUT2D eigenvalue weighted by molar-refractivity contribution is 0.474. The Morgan fingerprint density at radius 1 is 1.36 bits per heavy atom. The van der Waals surface area contributed by atoms with Crippen molar-refractivity contribution in [2.75, 3.05) is 11.4 Å². The number of benzene rings is 1. The van der Waals surface area contributed by atoms with Crippen molar-refractivity contribution in [3.05, 3.63) is 23.8 Å². The van der Waals surface area contributed by atoms with Crippen LogP contribution in [-0.4, -0.2) is 17.7 Å². The molecule has 0 aromatic heterocycles. The molecule has 0 saturated carbocycles. The van der Waals surface area contributed by atoms with Gasteiger partial charge in [-0.1, -0.05) is 6.07 Å². The Morgan fingerprint density at radius 3 is 2.86 bits per heavy atom. The summed E-state index contributed by atoms with van der Waals surface area (Å²) in [6.45, 7) is 5.49. The second-order valence-corrected chi connectivity index (χ2v) is 4.20. The van der Waals surface area contributed by atoms with Crippen LogP contribution in [-0.2, 0) is 6.42 Å². The van der Waals surface area contributed by atoms with Gasteiger partial charge in [-0.2, -0.15) is 0 Å². The van der Waals surface area contributed by atoms with Gasteiger partial charge >= 0.3 is 0 Å². The standard InChI is InChI=1S/C12H17NO/c1-9(2)13-7-3-4-10-5-6-11(14)8-12(10)13/h5-6,8-9,14H,3-4,7H2,1-2H3. The summed E-state index contributed by atoms with van der Waals surface area (Å²) in [4.78, 5) is 2.36. The van der Waals surface area contributed by atoms with Crippen LogP contribution in [0.4, 0.5) is 5.69 Å². The van der Waals surface area contributed by atoms with E-state index in [0.717, 1.165) is 13.0 Å². The molecule has 0 spiro atoms. The minimum Gasteiger partial charge on any atom is -0.508 e. The fourth-order valence-electron chi connectivity index (χ4n) is 2.13. The first-order chi connectivity index (χ1) is 6.68. The van der Waals surface area contributed by atoms with Gasteiger partial charge in [-0.05, 0) is 38.3 Å². The van der Waals surface area contributed by atoms with Crippen LogP contribution in [0.25, 0.3) is 0 Å². The van der Waals surface area contributed by atoms with E-state index in [9.17, 15) is 5.11 Å². The van der Waals surface area contributed by atoms with Crippen molar-refractivity contribution in [1.82, 2.24) is 0 Å². The number of phenolic OH excluding ortho intramolecular Hbond substituents is 1. The molecule has 14 heavy (non-hydrogen) atoms. The molecule has 0 atom stereocenters. The Bertz CT molecular complexity index is 333. The van der Waals surface area contributed by atoms with Gasteiger partial charge in [0.15, 0.2) is 0 Å². The number of fused-ring (bicyclic) bond motifs is 1.